The molecule has 0 bridgehead atoms. The van der Waals surface area contributed by atoms with E-state index >= 15 is 0 Å². The van der Waals surface area contributed by atoms with Crippen molar-refractivity contribution in [3.8, 4) is 17.2 Å². The number of amides is 1. The molecule has 17 heteroatoms. The monoisotopic (exact) mass is 795 g/mol. The molecule has 3 aliphatic heterocycles. The highest BCUT2D eigenvalue weighted by molar-refractivity contribution is 8.76. The van der Waals surface area contributed by atoms with Crippen LogP contribution in [0.2, 0.25) is 0 Å². The molecule has 1 amide bonds. The lowest BCUT2D eigenvalue weighted by Crippen LogP contribution is -2.55. The third-order valence-electron chi connectivity index (χ3n) is 10.9. The highest BCUT2D eigenvalue weighted by Crippen LogP contribution is 2.53. The zero-order chi connectivity index (χ0) is 38.6. The Hall–Kier alpha value is -3.78. The van der Waals surface area contributed by atoms with Gasteiger partial charge in [-0.25, -0.2) is 4.98 Å². The average molecular weight is 796 g/mol. The summed E-state index contributed by atoms with van der Waals surface area (Å²) in [5.41, 5.74) is -3.15. The van der Waals surface area contributed by atoms with Crippen LogP contribution in [0.15, 0.2) is 47.6 Å². The van der Waals surface area contributed by atoms with Crippen molar-refractivity contribution in [2.24, 2.45) is 0 Å². The quantitative estimate of drug-likeness (QED) is 0.104. The van der Waals surface area contributed by atoms with Crippen molar-refractivity contribution in [3.63, 3.8) is 0 Å². The molecule has 0 radical (unpaired) electrons. The summed E-state index contributed by atoms with van der Waals surface area (Å²) in [7, 11) is 5.84. The fourth-order valence-electron chi connectivity index (χ4n) is 8.37. The lowest BCUT2D eigenvalue weighted by molar-refractivity contribution is -0.256. The Balaban J connectivity index is 1.11. The molecule has 4 heterocycles. The van der Waals surface area contributed by atoms with Crippen molar-refractivity contribution in [1.29, 1.82) is 0 Å². The van der Waals surface area contributed by atoms with Gasteiger partial charge < -0.3 is 49.1 Å². The van der Waals surface area contributed by atoms with Gasteiger partial charge in [-0.1, -0.05) is 29.0 Å². The first-order valence-electron chi connectivity index (χ1n) is 18.0. The predicted octanol–water partition coefficient (Wildman–Crippen LogP) is 3.10. The fraction of sp³-hybridized carbons (Fsp3) is 0.474. The Bertz CT molecular complexity index is 2000. The molecule has 3 saturated heterocycles. The Morgan fingerprint density at radius 2 is 1.89 bits per heavy atom. The minimum absolute atomic E-state index is 0.0136. The molecular weight excluding hydrogens is 755 g/mol. The third kappa shape index (κ3) is 6.68. The van der Waals surface area contributed by atoms with E-state index in [9.17, 15) is 29.7 Å². The number of carbonyl (C=O) groups is 3. The van der Waals surface area contributed by atoms with Crippen LogP contribution in [0.5, 0.6) is 17.2 Å². The van der Waals surface area contributed by atoms with Crippen LogP contribution in [-0.4, -0.2) is 125 Å². The van der Waals surface area contributed by atoms with Crippen LogP contribution < -0.4 is 10.1 Å². The number of carbonyl (C=O) groups excluding carboxylic acids is 3. The molecule has 0 saturated carbocycles. The van der Waals surface area contributed by atoms with Gasteiger partial charge in [-0.2, -0.15) is 0 Å². The van der Waals surface area contributed by atoms with Crippen molar-refractivity contribution in [2.45, 2.75) is 80.0 Å². The number of nitrogens with zero attached hydrogens (tertiary/aromatic N) is 2. The molecule has 55 heavy (non-hydrogen) atoms. The fourth-order valence-corrected chi connectivity index (χ4v) is 10.2. The van der Waals surface area contributed by atoms with Crippen molar-refractivity contribution >= 4 is 39.1 Å². The van der Waals surface area contributed by atoms with Gasteiger partial charge >= 0.3 is 0 Å². The van der Waals surface area contributed by atoms with Crippen molar-refractivity contribution in [3.05, 3.63) is 76.0 Å². The third-order valence-corrected chi connectivity index (χ3v) is 13.1. The van der Waals surface area contributed by atoms with Crippen LogP contribution in [-0.2, 0) is 34.9 Å². The first-order valence-corrected chi connectivity index (χ1v) is 20.3. The highest BCUT2D eigenvalue weighted by atomic mass is 33.1. The van der Waals surface area contributed by atoms with Gasteiger partial charge in [-0.05, 0) is 35.9 Å². The number of pyridine rings is 1. The summed E-state index contributed by atoms with van der Waals surface area (Å²) in [5.74, 6) is -2.77. The SMILES string of the molecule is COc1cccc2c1C(=O)c1c(O)c3c(c(O)c1C2=O)C[C@@](O)(C(=O)NCCSSc1ccccn1)C[C@@H]3O[C@H]1CC2[C@H](O[C@@H]3[C@@H](OC)OCCN23)[C@H](C)O1. The number of hydrogen-bond acceptors (Lipinski definition) is 16. The normalized spacial score (nSPS) is 29.8. The molecule has 8 rings (SSSR count). The molecule has 292 valence electrons. The van der Waals surface area contributed by atoms with E-state index in [2.05, 4.69) is 15.2 Å². The van der Waals surface area contributed by atoms with Gasteiger partial charge in [0.2, 0.25) is 5.78 Å². The smallest absolute Gasteiger partial charge is 0.252 e. The topological polar surface area (TPSA) is 195 Å². The number of hydrogen-bond donors (Lipinski definition) is 4. The summed E-state index contributed by atoms with van der Waals surface area (Å²) in [6, 6.07) is 9.92. The molecule has 1 unspecified atom stereocenters. The Morgan fingerprint density at radius 3 is 2.65 bits per heavy atom. The number of phenols is 2. The van der Waals surface area contributed by atoms with Crippen LogP contribution in [0.3, 0.4) is 0 Å². The van der Waals surface area contributed by atoms with E-state index in [-0.39, 0.29) is 53.1 Å². The van der Waals surface area contributed by atoms with Crippen LogP contribution in [0.4, 0.5) is 0 Å². The average Bonchev–Trinajstić information content (AvgIpc) is 3.57. The second-order valence-electron chi connectivity index (χ2n) is 14.0. The Morgan fingerprint density at radius 1 is 1.07 bits per heavy atom. The molecule has 4 N–H and O–H groups in total. The van der Waals surface area contributed by atoms with Crippen LogP contribution in [0.25, 0.3) is 0 Å². The number of morpholine rings is 1. The highest BCUT2D eigenvalue weighted by Gasteiger charge is 2.55. The second kappa shape index (κ2) is 15.3. The Kier molecular flexibility index (Phi) is 10.6. The minimum Gasteiger partial charge on any atom is -0.507 e. The number of ketones is 2. The summed E-state index contributed by atoms with van der Waals surface area (Å²) in [6.45, 7) is 3.07. The first-order chi connectivity index (χ1) is 26.5. The maximum absolute atomic E-state index is 14.1. The molecule has 2 aliphatic carbocycles. The van der Waals surface area contributed by atoms with Gasteiger partial charge in [-0.15, -0.1) is 0 Å². The van der Waals surface area contributed by atoms with Crippen LogP contribution in [0.1, 0.15) is 68.8 Å². The number of ether oxygens (including phenoxy) is 6. The number of phenolic OH excluding ortho intramolecular Hbond substituents is 2. The van der Waals surface area contributed by atoms with E-state index in [0.29, 0.717) is 25.3 Å². The van der Waals surface area contributed by atoms with E-state index in [4.69, 9.17) is 28.4 Å². The van der Waals surface area contributed by atoms with E-state index in [1.807, 2.05) is 25.1 Å². The van der Waals surface area contributed by atoms with E-state index in [1.165, 1.54) is 40.8 Å². The van der Waals surface area contributed by atoms with E-state index < -0.39 is 83.1 Å². The van der Waals surface area contributed by atoms with Crippen LogP contribution in [0, 0.1) is 0 Å². The zero-order valence-electron chi connectivity index (χ0n) is 30.3. The number of aromatic nitrogens is 1. The molecule has 5 aliphatic rings. The summed E-state index contributed by atoms with van der Waals surface area (Å²) in [6.07, 6.45) is -2.88. The second-order valence-corrected chi connectivity index (χ2v) is 16.5. The number of methoxy groups -OCH3 is 2. The van der Waals surface area contributed by atoms with Gasteiger partial charge in [-0.3, -0.25) is 19.3 Å². The van der Waals surface area contributed by atoms with Crippen LogP contribution >= 0.6 is 21.6 Å². The molecule has 3 fully saturated rings. The van der Waals surface area contributed by atoms with Crippen molar-refractivity contribution < 1.29 is 58.1 Å². The molecular formula is C38H41N3O12S2. The molecule has 15 nitrogen and oxygen atoms in total. The molecule has 2 aromatic carbocycles. The first kappa shape index (κ1) is 38.1. The van der Waals surface area contributed by atoms with Gasteiger partial charge in [0.05, 0.1) is 42.6 Å². The lowest BCUT2D eigenvalue weighted by atomic mass is 9.72. The number of benzene rings is 2. The van der Waals surface area contributed by atoms with Gasteiger partial charge in [0.15, 0.2) is 24.6 Å². The molecule has 3 aromatic rings. The lowest BCUT2D eigenvalue weighted by Gasteiger charge is -2.43. The summed E-state index contributed by atoms with van der Waals surface area (Å²) < 4.78 is 35.9. The molecule has 1 aromatic heterocycles. The number of nitrogens with one attached hydrogen (secondary N) is 1. The van der Waals surface area contributed by atoms with Gasteiger partial charge in [0, 0.05) is 74.1 Å². The molecule has 0 spiro atoms. The molecule has 8 atom stereocenters. The predicted molar refractivity (Wildman–Crippen MR) is 197 cm³/mol. The standard InChI is InChI=1S/C38H41N3O12S2/c1-18-34-21(41-12-13-50-36(49-3)35(41)53-34)15-25(51-18)52-23-17-38(47,37(46)40-11-14-54-55-24-9-4-5-10-39-24)16-20-27(23)33(45)29-28(31(20)43)30(42)19-7-6-8-22(48-2)26(19)32(29)44/h4-10,18,21,23,25,34-36,43,45,47H,11-17H2,1-3H3,(H,40,46)/t18-,21?,23-,25-,34+,35+,36-,38-/m0/s1. The number of aromatic hydroxyl groups is 2. The summed E-state index contributed by atoms with van der Waals surface area (Å²) in [5, 5.41) is 39.6. The number of aliphatic hydroxyl groups is 1. The summed E-state index contributed by atoms with van der Waals surface area (Å²) in [4.78, 5) is 48.4. The maximum atomic E-state index is 14.1. The van der Waals surface area contributed by atoms with Crippen molar-refractivity contribution in [1.82, 2.24) is 15.2 Å². The maximum Gasteiger partial charge on any atom is 0.252 e. The summed E-state index contributed by atoms with van der Waals surface area (Å²) >= 11 is 0. The number of rotatable bonds is 10. The van der Waals surface area contributed by atoms with Gasteiger partial charge in [0.1, 0.15) is 34.0 Å². The largest absolute Gasteiger partial charge is 0.507 e. The number of fused-ring (bicyclic) bond motifs is 6. The Labute approximate surface area is 324 Å². The zero-order valence-corrected chi connectivity index (χ0v) is 31.9. The van der Waals surface area contributed by atoms with Crippen molar-refractivity contribution in [2.75, 3.05) is 39.7 Å². The van der Waals surface area contributed by atoms with E-state index in [1.54, 1.807) is 19.4 Å². The van der Waals surface area contributed by atoms with E-state index in [0.717, 1.165) is 5.03 Å². The minimum atomic E-state index is -2.16. The van der Waals surface area contributed by atoms with Gasteiger partial charge in [0.25, 0.3) is 5.91 Å².